The first-order valence-electron chi connectivity index (χ1n) is 10.6. The minimum atomic E-state index is -1.81. The van der Waals surface area contributed by atoms with Crippen molar-refractivity contribution in [3.05, 3.63) is 35.9 Å². The molecule has 174 valence electrons. The molecule has 0 spiro atoms. The Morgan fingerprint density at radius 2 is 1.84 bits per heavy atom. The summed E-state index contributed by atoms with van der Waals surface area (Å²) in [4.78, 5) is 55.5. The van der Waals surface area contributed by atoms with Crippen LogP contribution in [0.2, 0.25) is 0 Å². The van der Waals surface area contributed by atoms with Crippen LogP contribution in [0.5, 0.6) is 0 Å². The summed E-state index contributed by atoms with van der Waals surface area (Å²) < 4.78 is 10.5. The molecule has 32 heavy (non-hydrogen) atoms. The number of nitrogens with one attached hydrogen (secondary N) is 1. The van der Waals surface area contributed by atoms with Gasteiger partial charge < -0.3 is 19.6 Å². The average molecular weight is 445 g/mol. The maximum Gasteiger partial charge on any atom is 0.408 e. The number of hydrogen-bond donors (Lipinski definition) is 1. The lowest BCUT2D eigenvalue weighted by Crippen LogP contribution is -2.65. The highest BCUT2D eigenvalue weighted by Gasteiger charge is 2.59. The predicted molar refractivity (Wildman–Crippen MR) is 120 cm³/mol. The van der Waals surface area contributed by atoms with E-state index in [-0.39, 0.29) is 18.8 Å². The second kappa shape index (κ2) is 9.63. The van der Waals surface area contributed by atoms with E-state index in [9.17, 15) is 19.2 Å². The van der Waals surface area contributed by atoms with Crippen molar-refractivity contribution in [3.8, 4) is 0 Å². The van der Waals surface area contributed by atoms with E-state index < -0.39 is 40.4 Å². The summed E-state index contributed by atoms with van der Waals surface area (Å²) in [6, 6.07) is 8.97. The largest absolute Gasteiger partial charge is 0.467 e. The molecule has 0 radical (unpaired) electrons. The zero-order valence-corrected chi connectivity index (χ0v) is 19.5. The van der Waals surface area contributed by atoms with Gasteiger partial charge in [0.1, 0.15) is 17.4 Å². The third-order valence-corrected chi connectivity index (χ3v) is 5.64. The summed E-state index contributed by atoms with van der Waals surface area (Å²) in [6.45, 7) is 8.66. The lowest BCUT2D eigenvalue weighted by molar-refractivity contribution is -0.152. The molecule has 0 saturated heterocycles. The van der Waals surface area contributed by atoms with Gasteiger partial charge in [-0.05, 0) is 32.3 Å². The molecule has 1 N–H and O–H groups in total. The highest BCUT2D eigenvalue weighted by atomic mass is 16.6. The molecular weight excluding hydrogens is 412 g/mol. The molecule has 1 aromatic rings. The predicted octanol–water partition coefficient (Wildman–Crippen LogP) is 2.92. The zero-order valence-electron chi connectivity index (χ0n) is 19.5. The smallest absolute Gasteiger partial charge is 0.408 e. The van der Waals surface area contributed by atoms with Crippen molar-refractivity contribution in [1.82, 2.24) is 5.32 Å². The highest BCUT2D eigenvalue weighted by Crippen LogP contribution is 2.39. The maximum absolute atomic E-state index is 13.7. The van der Waals surface area contributed by atoms with Crippen molar-refractivity contribution in [3.63, 3.8) is 0 Å². The molecule has 3 atom stereocenters. The molecule has 2 rings (SSSR count). The summed E-state index contributed by atoms with van der Waals surface area (Å²) in [5.41, 5.74) is -3.24. The Morgan fingerprint density at radius 3 is 2.34 bits per heavy atom. The fourth-order valence-electron chi connectivity index (χ4n) is 3.98. The van der Waals surface area contributed by atoms with E-state index in [1.54, 1.807) is 58.9 Å². The number of aldehydes is 1. The van der Waals surface area contributed by atoms with Gasteiger partial charge in [0.15, 0.2) is 11.3 Å². The van der Waals surface area contributed by atoms with Gasteiger partial charge in [0.05, 0.1) is 13.0 Å². The molecule has 1 heterocycles. The molecule has 1 unspecified atom stereocenters. The number of Topliss-reactive ketones (excluding diaryl/α,β-unsaturated/α-hetero) is 1. The van der Waals surface area contributed by atoms with Gasteiger partial charge in [-0.25, -0.2) is 9.59 Å². The van der Waals surface area contributed by atoms with Crippen LogP contribution >= 0.6 is 0 Å². The minimum absolute atomic E-state index is 0.0303. The molecule has 0 aromatic heterocycles. The van der Waals surface area contributed by atoms with Crippen LogP contribution in [0.25, 0.3) is 0 Å². The fourth-order valence-corrected chi connectivity index (χ4v) is 3.98. The van der Waals surface area contributed by atoms with Gasteiger partial charge in [-0.3, -0.25) is 9.79 Å². The number of carbonyl (C=O) groups is 4. The third kappa shape index (κ3) is 5.06. The summed E-state index contributed by atoms with van der Waals surface area (Å²) in [5.74, 6) is -2.67. The summed E-state index contributed by atoms with van der Waals surface area (Å²) in [6.07, 6.45) is 1.000. The second-order valence-corrected chi connectivity index (χ2v) is 9.32. The summed E-state index contributed by atoms with van der Waals surface area (Å²) >= 11 is 0. The highest BCUT2D eigenvalue weighted by molar-refractivity contribution is 6.12. The van der Waals surface area contributed by atoms with E-state index in [1.807, 2.05) is 6.07 Å². The first-order chi connectivity index (χ1) is 14.9. The van der Waals surface area contributed by atoms with Crippen LogP contribution in [0.1, 0.15) is 46.6 Å². The Bertz CT molecular complexity index is 890. The van der Waals surface area contributed by atoms with E-state index in [4.69, 9.17) is 9.47 Å². The molecular formula is C24H32N2O6. The number of esters is 1. The van der Waals surface area contributed by atoms with E-state index in [0.717, 1.165) is 0 Å². The van der Waals surface area contributed by atoms with E-state index >= 15 is 0 Å². The quantitative estimate of drug-likeness (QED) is 0.487. The Kier molecular flexibility index (Phi) is 7.59. The molecule has 8 heteroatoms. The summed E-state index contributed by atoms with van der Waals surface area (Å²) in [7, 11) is 1.19. The van der Waals surface area contributed by atoms with Crippen molar-refractivity contribution < 1.29 is 28.7 Å². The van der Waals surface area contributed by atoms with Gasteiger partial charge in [-0.1, -0.05) is 44.2 Å². The van der Waals surface area contributed by atoms with Gasteiger partial charge in [-0.15, -0.1) is 0 Å². The van der Waals surface area contributed by atoms with Gasteiger partial charge in [0.2, 0.25) is 0 Å². The number of amides is 1. The van der Waals surface area contributed by atoms with Crippen LogP contribution in [0, 0.1) is 11.8 Å². The fraction of sp³-hybridized carbons (Fsp3) is 0.542. The SMILES string of the molecule is COC(=O)[C@@](Cc1ccccc1)(NC(=O)OC(C)(C)C)C1C=N[C@](CC=O)(C(C)C)C1=O. The molecule has 1 aliphatic heterocycles. The van der Waals surface area contributed by atoms with Gasteiger partial charge in [-0.2, -0.15) is 0 Å². The standard InChI is InChI=1S/C24H32N2O6/c1-16(2)23(12-13-27)19(28)18(15-25-23)24(20(29)31-6,14-17-10-8-7-9-11-17)26-21(30)32-22(3,4)5/h7-11,13,15-16,18H,12,14H2,1-6H3,(H,26,30)/t18?,23-,24+/m1/s1. The lowest BCUT2D eigenvalue weighted by Gasteiger charge is -2.37. The van der Waals surface area contributed by atoms with Crippen molar-refractivity contribution in [1.29, 1.82) is 0 Å². The minimum Gasteiger partial charge on any atom is -0.467 e. The number of aliphatic imine (C=N–C) groups is 1. The number of hydrogen-bond acceptors (Lipinski definition) is 7. The molecule has 1 amide bonds. The normalized spacial score (nSPS) is 22.3. The van der Waals surface area contributed by atoms with Crippen LogP contribution in [0.3, 0.4) is 0 Å². The van der Waals surface area contributed by atoms with Crippen molar-refractivity contribution >= 4 is 30.3 Å². The lowest BCUT2D eigenvalue weighted by atomic mass is 9.71. The van der Waals surface area contributed by atoms with E-state index in [0.29, 0.717) is 11.8 Å². The van der Waals surface area contributed by atoms with E-state index in [1.165, 1.54) is 13.3 Å². The van der Waals surface area contributed by atoms with Gasteiger partial charge in [0.25, 0.3) is 0 Å². The maximum atomic E-state index is 13.7. The van der Waals surface area contributed by atoms with Crippen LogP contribution in [0.15, 0.2) is 35.3 Å². The molecule has 1 aromatic carbocycles. The Morgan fingerprint density at radius 1 is 1.22 bits per heavy atom. The average Bonchev–Trinajstić information content (AvgIpc) is 3.04. The molecule has 8 nitrogen and oxygen atoms in total. The number of ether oxygens (including phenoxy) is 2. The van der Waals surface area contributed by atoms with Gasteiger partial charge in [0, 0.05) is 19.1 Å². The number of ketones is 1. The van der Waals surface area contributed by atoms with Crippen LogP contribution < -0.4 is 5.32 Å². The molecule has 0 bridgehead atoms. The van der Waals surface area contributed by atoms with Crippen LogP contribution in [-0.2, 0) is 30.3 Å². The molecule has 0 aliphatic carbocycles. The Hall–Kier alpha value is -3.03. The number of benzene rings is 1. The Balaban J connectivity index is 2.61. The van der Waals surface area contributed by atoms with E-state index in [2.05, 4.69) is 10.3 Å². The number of carbonyl (C=O) groups excluding carboxylic acids is 4. The van der Waals surface area contributed by atoms with Crippen LogP contribution in [-0.4, -0.2) is 54.1 Å². The topological polar surface area (TPSA) is 111 Å². The number of alkyl carbamates (subject to hydrolysis) is 1. The number of rotatable bonds is 8. The van der Waals surface area contributed by atoms with Crippen molar-refractivity contribution in [2.75, 3.05) is 7.11 Å². The molecule has 0 fully saturated rings. The van der Waals surface area contributed by atoms with Crippen molar-refractivity contribution in [2.24, 2.45) is 16.8 Å². The van der Waals surface area contributed by atoms with Gasteiger partial charge >= 0.3 is 12.1 Å². The van der Waals surface area contributed by atoms with Crippen molar-refractivity contribution in [2.45, 2.75) is 64.1 Å². The van der Waals surface area contributed by atoms with Crippen LogP contribution in [0.4, 0.5) is 4.79 Å². The first-order valence-corrected chi connectivity index (χ1v) is 10.6. The number of nitrogens with zero attached hydrogens (tertiary/aromatic N) is 1. The molecule has 1 aliphatic rings. The Labute approximate surface area is 188 Å². The molecule has 0 saturated carbocycles. The monoisotopic (exact) mass is 444 g/mol. The summed E-state index contributed by atoms with van der Waals surface area (Å²) in [5, 5.41) is 2.64. The number of methoxy groups -OCH3 is 1. The second-order valence-electron chi connectivity index (χ2n) is 9.32. The first kappa shape index (κ1) is 25.2. The zero-order chi connectivity index (χ0) is 24.2. The third-order valence-electron chi connectivity index (χ3n) is 5.64.